The van der Waals surface area contributed by atoms with Crippen LogP contribution in [-0.2, 0) is 10.7 Å². The van der Waals surface area contributed by atoms with Crippen molar-refractivity contribution in [1.29, 1.82) is 0 Å². The summed E-state index contributed by atoms with van der Waals surface area (Å²) in [6, 6.07) is 1.20. The number of hydrogen-bond donors (Lipinski definition) is 0. The highest BCUT2D eigenvalue weighted by atomic mass is 35.5. The van der Waals surface area contributed by atoms with E-state index in [4.69, 9.17) is 32.4 Å². The van der Waals surface area contributed by atoms with Crippen LogP contribution in [0, 0.1) is 0 Å². The van der Waals surface area contributed by atoms with E-state index in [0.29, 0.717) is 5.76 Å². The Morgan fingerprint density at radius 1 is 1.57 bits per heavy atom. The molecule has 6 heteroatoms. The zero-order valence-corrected chi connectivity index (χ0v) is 8.47. The standard InChI is InChI=1S/C8H6Cl2O4/c9-2-5-1-6(11)7(3-13-5)14-4-8(10)12/h1,3H,2,4H2. The molecular weight excluding hydrogens is 231 g/mol. The van der Waals surface area contributed by atoms with Gasteiger partial charge in [-0.1, -0.05) is 0 Å². The molecule has 1 rings (SSSR count). The van der Waals surface area contributed by atoms with Gasteiger partial charge in [-0.25, -0.2) is 0 Å². The number of halogens is 2. The minimum absolute atomic E-state index is 0.0622. The van der Waals surface area contributed by atoms with E-state index in [1.807, 2.05) is 0 Å². The molecule has 0 saturated carbocycles. The van der Waals surface area contributed by atoms with Crippen molar-refractivity contribution in [3.63, 3.8) is 0 Å². The zero-order chi connectivity index (χ0) is 10.6. The van der Waals surface area contributed by atoms with E-state index in [1.165, 1.54) is 6.07 Å². The van der Waals surface area contributed by atoms with Gasteiger partial charge in [0.25, 0.3) is 5.24 Å². The van der Waals surface area contributed by atoms with Gasteiger partial charge >= 0.3 is 0 Å². The summed E-state index contributed by atoms with van der Waals surface area (Å²) in [6.07, 6.45) is 1.10. The average Bonchev–Trinajstić information content (AvgIpc) is 2.15. The molecule has 76 valence electrons. The van der Waals surface area contributed by atoms with Crippen LogP contribution in [0.3, 0.4) is 0 Å². The third-order valence-electron chi connectivity index (χ3n) is 1.33. The Labute approximate surface area is 89.4 Å². The maximum absolute atomic E-state index is 11.2. The number of hydrogen-bond acceptors (Lipinski definition) is 4. The smallest absolute Gasteiger partial charge is 0.259 e. The largest absolute Gasteiger partial charge is 0.477 e. The molecule has 0 N–H and O–H groups in total. The molecule has 0 bridgehead atoms. The minimum atomic E-state index is -0.689. The number of rotatable bonds is 4. The first-order valence-corrected chi connectivity index (χ1v) is 4.53. The molecule has 0 atom stereocenters. The minimum Gasteiger partial charge on any atom is -0.477 e. The second-order valence-electron chi connectivity index (χ2n) is 2.35. The topological polar surface area (TPSA) is 56.5 Å². The highest BCUT2D eigenvalue weighted by Gasteiger charge is 2.05. The number of ether oxygens (including phenoxy) is 1. The third-order valence-corrected chi connectivity index (χ3v) is 1.70. The summed E-state index contributed by atoms with van der Waals surface area (Å²) in [4.78, 5) is 21.6. The van der Waals surface area contributed by atoms with Crippen LogP contribution in [0.2, 0.25) is 0 Å². The molecule has 0 spiro atoms. The Kier molecular flexibility index (Phi) is 3.98. The van der Waals surface area contributed by atoms with E-state index in [2.05, 4.69) is 0 Å². The molecule has 0 amide bonds. The average molecular weight is 237 g/mol. The Balaban J connectivity index is 2.79. The summed E-state index contributed by atoms with van der Waals surface area (Å²) in [5.74, 6) is 0.373. The molecule has 0 aliphatic rings. The van der Waals surface area contributed by atoms with Crippen LogP contribution >= 0.6 is 23.2 Å². The van der Waals surface area contributed by atoms with Crippen LogP contribution in [0.15, 0.2) is 21.5 Å². The van der Waals surface area contributed by atoms with Crippen LogP contribution in [0.5, 0.6) is 5.75 Å². The maximum Gasteiger partial charge on any atom is 0.259 e. The number of alkyl halides is 1. The first-order chi connectivity index (χ1) is 6.63. The van der Waals surface area contributed by atoms with Crippen molar-refractivity contribution in [2.75, 3.05) is 6.61 Å². The van der Waals surface area contributed by atoms with Gasteiger partial charge < -0.3 is 9.15 Å². The summed E-state index contributed by atoms with van der Waals surface area (Å²) < 4.78 is 9.68. The molecule has 1 aromatic rings. The molecule has 0 aliphatic carbocycles. The summed E-state index contributed by atoms with van der Waals surface area (Å²) in [7, 11) is 0. The van der Waals surface area contributed by atoms with Crippen LogP contribution < -0.4 is 10.2 Å². The first-order valence-electron chi connectivity index (χ1n) is 3.62. The van der Waals surface area contributed by atoms with Gasteiger partial charge in [-0.3, -0.25) is 9.59 Å². The van der Waals surface area contributed by atoms with E-state index in [1.54, 1.807) is 0 Å². The monoisotopic (exact) mass is 236 g/mol. The molecule has 0 aromatic carbocycles. The Bertz CT molecular complexity index is 385. The summed E-state index contributed by atoms with van der Waals surface area (Å²) in [5.41, 5.74) is -0.398. The van der Waals surface area contributed by atoms with E-state index in [9.17, 15) is 9.59 Å². The highest BCUT2D eigenvalue weighted by molar-refractivity contribution is 6.63. The summed E-state index contributed by atoms with van der Waals surface area (Å²) in [6.45, 7) is -0.369. The van der Waals surface area contributed by atoms with Crippen molar-refractivity contribution in [3.05, 3.63) is 28.3 Å². The zero-order valence-electron chi connectivity index (χ0n) is 6.96. The van der Waals surface area contributed by atoms with Crippen LogP contribution in [0.25, 0.3) is 0 Å². The fourth-order valence-electron chi connectivity index (χ4n) is 0.748. The molecule has 0 aliphatic heterocycles. The normalized spacial score (nSPS) is 9.86. The second-order valence-corrected chi connectivity index (χ2v) is 3.04. The van der Waals surface area contributed by atoms with Crippen molar-refractivity contribution in [2.45, 2.75) is 5.88 Å². The van der Waals surface area contributed by atoms with Gasteiger partial charge in [0.1, 0.15) is 12.0 Å². The van der Waals surface area contributed by atoms with Gasteiger partial charge in [0.15, 0.2) is 6.61 Å². The van der Waals surface area contributed by atoms with Crippen LogP contribution in [-0.4, -0.2) is 11.8 Å². The Morgan fingerprint density at radius 3 is 2.79 bits per heavy atom. The van der Waals surface area contributed by atoms with Gasteiger partial charge in [0, 0.05) is 6.07 Å². The molecule has 1 heterocycles. The summed E-state index contributed by atoms with van der Waals surface area (Å²) >= 11 is 10.5. The van der Waals surface area contributed by atoms with Crippen LogP contribution in [0.1, 0.15) is 5.76 Å². The summed E-state index contributed by atoms with van der Waals surface area (Å²) in [5, 5.41) is -0.689. The fourth-order valence-corrected chi connectivity index (χ4v) is 0.943. The van der Waals surface area contributed by atoms with Crippen molar-refractivity contribution in [1.82, 2.24) is 0 Å². The van der Waals surface area contributed by atoms with Gasteiger partial charge in [-0.2, -0.15) is 0 Å². The lowest BCUT2D eigenvalue weighted by atomic mass is 10.4. The van der Waals surface area contributed by atoms with Crippen molar-refractivity contribution in [3.8, 4) is 5.75 Å². The molecule has 4 nitrogen and oxygen atoms in total. The van der Waals surface area contributed by atoms with E-state index < -0.39 is 10.7 Å². The van der Waals surface area contributed by atoms with Gasteiger partial charge in [0.05, 0.1) is 5.88 Å². The number of carbonyl (C=O) groups excluding carboxylic acids is 1. The van der Waals surface area contributed by atoms with E-state index in [-0.39, 0.29) is 18.2 Å². The number of carbonyl (C=O) groups is 1. The van der Waals surface area contributed by atoms with Crippen molar-refractivity contribution in [2.24, 2.45) is 0 Å². The van der Waals surface area contributed by atoms with E-state index in [0.717, 1.165) is 6.26 Å². The SMILES string of the molecule is O=C(Cl)COc1coc(CCl)cc1=O. The first kappa shape index (κ1) is 11.1. The molecule has 1 aromatic heterocycles. The fraction of sp³-hybridized carbons (Fsp3) is 0.250. The van der Waals surface area contributed by atoms with Gasteiger partial charge in [-0.15, -0.1) is 11.6 Å². The van der Waals surface area contributed by atoms with Gasteiger partial charge in [-0.05, 0) is 11.6 Å². The molecule has 0 unspecified atom stereocenters. The molecule has 14 heavy (non-hydrogen) atoms. The van der Waals surface area contributed by atoms with Crippen LogP contribution in [0.4, 0.5) is 0 Å². The lowest BCUT2D eigenvalue weighted by molar-refractivity contribution is -0.113. The Hall–Kier alpha value is -1.00. The van der Waals surface area contributed by atoms with Crippen molar-refractivity contribution >= 4 is 28.4 Å². The maximum atomic E-state index is 11.2. The predicted molar refractivity (Wildman–Crippen MR) is 50.9 cm³/mol. The van der Waals surface area contributed by atoms with Gasteiger partial charge in [0.2, 0.25) is 11.2 Å². The molecule has 0 fully saturated rings. The van der Waals surface area contributed by atoms with Crippen molar-refractivity contribution < 1.29 is 13.9 Å². The third kappa shape index (κ3) is 3.05. The highest BCUT2D eigenvalue weighted by Crippen LogP contribution is 2.07. The lowest BCUT2D eigenvalue weighted by Gasteiger charge is -2.01. The lowest BCUT2D eigenvalue weighted by Crippen LogP contribution is -2.11. The molecule has 0 saturated heterocycles. The second kappa shape index (κ2) is 5.02. The van der Waals surface area contributed by atoms with E-state index >= 15 is 0 Å². The quantitative estimate of drug-likeness (QED) is 0.588. The predicted octanol–water partition coefficient (Wildman–Crippen LogP) is 1.52. The molecule has 0 radical (unpaired) electrons. The molecular formula is C8H6Cl2O4. The Morgan fingerprint density at radius 2 is 2.29 bits per heavy atom.